The summed E-state index contributed by atoms with van der Waals surface area (Å²) in [6.45, 7) is 0.674. The molecule has 1 aromatic carbocycles. The molecular formula is C21H25ClN2O5S. The van der Waals surface area contributed by atoms with Gasteiger partial charge in [-0.15, -0.1) is 11.8 Å². The third-order valence-corrected chi connectivity index (χ3v) is 6.70. The number of hydrogen-bond acceptors (Lipinski definition) is 5. The molecule has 0 spiro atoms. The molecule has 0 radical (unpaired) electrons. The first-order valence-electron chi connectivity index (χ1n) is 10.00. The minimum atomic E-state index is -0.734. The fraction of sp³-hybridized carbons (Fsp3) is 0.476. The van der Waals surface area contributed by atoms with Crippen LogP contribution in [-0.2, 0) is 9.59 Å². The molecule has 3 N–H and O–H groups in total. The van der Waals surface area contributed by atoms with Crippen LogP contribution in [0.15, 0.2) is 34.7 Å². The number of allylic oxidation sites excluding steroid dienone is 1. The van der Waals surface area contributed by atoms with Crippen LogP contribution in [-0.4, -0.2) is 47.3 Å². The number of carboxylic acids is 1. The summed E-state index contributed by atoms with van der Waals surface area (Å²) in [6.07, 6.45) is 5.13. The molecule has 1 unspecified atom stereocenters. The fourth-order valence-electron chi connectivity index (χ4n) is 3.47. The third kappa shape index (κ3) is 6.40. The molecule has 1 heterocycles. The van der Waals surface area contributed by atoms with Gasteiger partial charge in [0.05, 0.1) is 21.6 Å². The Kier molecular flexibility index (Phi) is 8.04. The van der Waals surface area contributed by atoms with Crippen molar-refractivity contribution >= 4 is 41.1 Å². The number of carbonyl (C=O) groups excluding carboxylic acids is 2. The van der Waals surface area contributed by atoms with E-state index < -0.39 is 5.97 Å². The Bertz CT molecular complexity index is 806. The number of carbonyl (C=O) groups is 3. The molecule has 9 heteroatoms. The Morgan fingerprint density at radius 1 is 1.07 bits per heavy atom. The molecule has 1 atom stereocenters. The topological polar surface area (TPSA) is 105 Å². The quantitative estimate of drug-likeness (QED) is 0.523. The summed E-state index contributed by atoms with van der Waals surface area (Å²) in [4.78, 5) is 35.2. The maximum atomic E-state index is 12.2. The highest BCUT2D eigenvalue weighted by Crippen LogP contribution is 2.34. The number of halogens is 1. The molecule has 162 valence electrons. The first kappa shape index (κ1) is 22.5. The van der Waals surface area contributed by atoms with Gasteiger partial charge >= 0.3 is 5.97 Å². The van der Waals surface area contributed by atoms with Crippen molar-refractivity contribution in [3.05, 3.63) is 40.3 Å². The Hall–Kier alpha value is -2.19. The van der Waals surface area contributed by atoms with Crippen LogP contribution < -0.4 is 15.4 Å². The number of benzene rings is 1. The maximum absolute atomic E-state index is 12.2. The van der Waals surface area contributed by atoms with E-state index in [1.165, 1.54) is 11.8 Å². The van der Waals surface area contributed by atoms with Gasteiger partial charge in [-0.25, -0.2) is 0 Å². The van der Waals surface area contributed by atoms with E-state index in [4.69, 9.17) is 21.4 Å². The minimum Gasteiger partial charge on any atom is -0.490 e. The van der Waals surface area contributed by atoms with Crippen LogP contribution >= 0.6 is 23.4 Å². The van der Waals surface area contributed by atoms with Gasteiger partial charge in [0, 0.05) is 18.7 Å². The molecule has 1 aromatic rings. The SMILES string of the molecule is O=C(NCCNC(=O)C1CC=C(Cl)S1)c1ccc(O[C@H]2CC[C@@H](C(=O)O)CC2)cc1. The Labute approximate surface area is 184 Å². The van der Waals surface area contributed by atoms with E-state index in [1.807, 2.05) is 6.08 Å². The van der Waals surface area contributed by atoms with Crippen LogP contribution in [0.2, 0.25) is 0 Å². The molecule has 0 bridgehead atoms. The van der Waals surface area contributed by atoms with E-state index in [9.17, 15) is 14.4 Å². The van der Waals surface area contributed by atoms with Crippen molar-refractivity contribution in [3.63, 3.8) is 0 Å². The van der Waals surface area contributed by atoms with E-state index in [-0.39, 0.29) is 29.1 Å². The number of nitrogens with one attached hydrogen (secondary N) is 2. The first-order valence-corrected chi connectivity index (χ1v) is 11.3. The van der Waals surface area contributed by atoms with Crippen molar-refractivity contribution in [2.24, 2.45) is 5.92 Å². The van der Waals surface area contributed by atoms with E-state index in [2.05, 4.69) is 10.6 Å². The highest BCUT2D eigenvalue weighted by molar-refractivity contribution is 8.06. The van der Waals surface area contributed by atoms with Crippen molar-refractivity contribution in [1.82, 2.24) is 10.6 Å². The Morgan fingerprint density at radius 2 is 1.73 bits per heavy atom. The molecule has 1 fully saturated rings. The molecule has 0 aromatic heterocycles. The van der Waals surface area contributed by atoms with E-state index in [1.54, 1.807) is 24.3 Å². The number of amides is 2. The predicted octanol–water partition coefficient (Wildman–Crippen LogP) is 3.14. The molecule has 7 nitrogen and oxygen atoms in total. The van der Waals surface area contributed by atoms with Gasteiger partial charge in [0.25, 0.3) is 5.91 Å². The van der Waals surface area contributed by atoms with Crippen LogP contribution in [0.4, 0.5) is 0 Å². The van der Waals surface area contributed by atoms with Gasteiger partial charge in [-0.1, -0.05) is 17.7 Å². The largest absolute Gasteiger partial charge is 0.490 e. The maximum Gasteiger partial charge on any atom is 0.306 e. The number of carboxylic acid groups (broad SMARTS) is 1. The highest BCUT2D eigenvalue weighted by atomic mass is 35.5. The number of aliphatic carboxylic acids is 1. The molecule has 1 saturated carbocycles. The summed E-state index contributed by atoms with van der Waals surface area (Å²) in [5, 5.41) is 14.4. The second kappa shape index (κ2) is 10.7. The van der Waals surface area contributed by atoms with Crippen LogP contribution in [0.25, 0.3) is 0 Å². The van der Waals surface area contributed by atoms with Gasteiger partial charge in [-0.2, -0.15) is 0 Å². The molecular weight excluding hydrogens is 428 g/mol. The lowest BCUT2D eigenvalue weighted by atomic mass is 9.87. The summed E-state index contributed by atoms with van der Waals surface area (Å²) < 4.78 is 6.55. The monoisotopic (exact) mass is 452 g/mol. The number of thioether (sulfide) groups is 1. The predicted molar refractivity (Wildman–Crippen MR) is 116 cm³/mol. The molecule has 3 rings (SSSR count). The molecule has 0 saturated heterocycles. The van der Waals surface area contributed by atoms with Crippen LogP contribution in [0.3, 0.4) is 0 Å². The molecule has 30 heavy (non-hydrogen) atoms. The number of rotatable bonds is 8. The third-order valence-electron chi connectivity index (χ3n) is 5.19. The number of hydrogen-bond donors (Lipinski definition) is 3. The molecule has 1 aliphatic carbocycles. The van der Waals surface area contributed by atoms with Crippen molar-refractivity contribution in [1.29, 1.82) is 0 Å². The summed E-state index contributed by atoms with van der Waals surface area (Å²) in [5.74, 6) is -0.647. The second-order valence-electron chi connectivity index (χ2n) is 7.35. The average molecular weight is 453 g/mol. The lowest BCUT2D eigenvalue weighted by Gasteiger charge is -2.26. The van der Waals surface area contributed by atoms with Crippen LogP contribution in [0.5, 0.6) is 5.75 Å². The molecule has 1 aliphatic heterocycles. The fourth-order valence-corrected chi connectivity index (χ4v) is 4.73. The Balaban J connectivity index is 1.35. The van der Waals surface area contributed by atoms with Crippen molar-refractivity contribution in [2.45, 2.75) is 43.5 Å². The van der Waals surface area contributed by atoms with Crippen molar-refractivity contribution in [3.8, 4) is 5.75 Å². The van der Waals surface area contributed by atoms with Gasteiger partial charge in [0.15, 0.2) is 0 Å². The Morgan fingerprint density at radius 3 is 2.33 bits per heavy atom. The van der Waals surface area contributed by atoms with E-state index in [0.29, 0.717) is 60.9 Å². The van der Waals surface area contributed by atoms with Gasteiger partial charge in [-0.3, -0.25) is 14.4 Å². The first-order chi connectivity index (χ1) is 14.4. The summed E-state index contributed by atoms with van der Waals surface area (Å²) in [6, 6.07) is 6.87. The molecule has 2 aliphatic rings. The smallest absolute Gasteiger partial charge is 0.306 e. The zero-order valence-electron chi connectivity index (χ0n) is 16.4. The van der Waals surface area contributed by atoms with E-state index in [0.717, 1.165) is 0 Å². The summed E-state index contributed by atoms with van der Waals surface area (Å²) in [7, 11) is 0. The minimum absolute atomic E-state index is 0.00648. The lowest BCUT2D eigenvalue weighted by Crippen LogP contribution is -2.38. The van der Waals surface area contributed by atoms with Gasteiger partial charge in [0.1, 0.15) is 5.75 Å². The summed E-state index contributed by atoms with van der Waals surface area (Å²) in [5.41, 5.74) is 0.505. The van der Waals surface area contributed by atoms with Crippen molar-refractivity contribution in [2.75, 3.05) is 13.1 Å². The zero-order valence-corrected chi connectivity index (χ0v) is 18.0. The normalized spacial score (nSPS) is 23.4. The number of ether oxygens (including phenoxy) is 1. The standard InChI is InChI=1S/C21H25ClN2O5S/c22-18-10-9-17(30-18)20(26)24-12-11-23-19(25)13-1-5-15(6-2-13)29-16-7-3-14(4-8-16)21(27)28/h1-2,5-6,10,14,16-17H,3-4,7-9,11-12H2,(H,23,25)(H,24,26)(H,27,28)/t14-,16+,17?. The average Bonchev–Trinajstić information content (AvgIpc) is 3.18. The van der Waals surface area contributed by atoms with Gasteiger partial charge < -0.3 is 20.5 Å². The van der Waals surface area contributed by atoms with Gasteiger partial charge in [-0.05, 0) is 56.4 Å². The highest BCUT2D eigenvalue weighted by Gasteiger charge is 2.27. The van der Waals surface area contributed by atoms with Crippen LogP contribution in [0, 0.1) is 5.92 Å². The molecule has 2 amide bonds. The zero-order chi connectivity index (χ0) is 21.5. The summed E-state index contributed by atoms with van der Waals surface area (Å²) >= 11 is 7.20. The second-order valence-corrected chi connectivity index (χ2v) is 9.23. The van der Waals surface area contributed by atoms with Gasteiger partial charge in [0.2, 0.25) is 5.91 Å². The lowest BCUT2D eigenvalue weighted by molar-refractivity contribution is -0.143. The van der Waals surface area contributed by atoms with Crippen LogP contribution in [0.1, 0.15) is 42.5 Å². The van der Waals surface area contributed by atoms with Crippen molar-refractivity contribution < 1.29 is 24.2 Å². The van der Waals surface area contributed by atoms with E-state index >= 15 is 0 Å².